The number of thiophene rings is 1. The standard InChI is InChI=1S/C11H5Br2Cl2NO2S/c12-8-3-5(10(13)19-8)11(18)16-4-1-6(14)9(17)7(15)2-4/h1-3,17H,(H,16,18). The van der Waals surface area contributed by atoms with E-state index in [2.05, 4.69) is 37.2 Å². The van der Waals surface area contributed by atoms with Crippen molar-refractivity contribution < 1.29 is 9.90 Å². The molecular formula is C11H5Br2Cl2NO2S. The Hall–Kier alpha value is -0.270. The van der Waals surface area contributed by atoms with Crippen LogP contribution < -0.4 is 5.32 Å². The van der Waals surface area contributed by atoms with Gasteiger partial charge < -0.3 is 10.4 Å². The van der Waals surface area contributed by atoms with E-state index in [0.717, 1.165) is 3.79 Å². The van der Waals surface area contributed by atoms with Crippen LogP contribution in [0, 0.1) is 0 Å². The Morgan fingerprint density at radius 2 is 1.79 bits per heavy atom. The van der Waals surface area contributed by atoms with Crippen molar-refractivity contribution in [2.45, 2.75) is 0 Å². The van der Waals surface area contributed by atoms with Crippen LogP contribution in [-0.2, 0) is 0 Å². The molecule has 1 aromatic heterocycles. The molecule has 0 bridgehead atoms. The lowest BCUT2D eigenvalue weighted by molar-refractivity contribution is 0.102. The molecule has 0 saturated carbocycles. The Balaban J connectivity index is 2.27. The molecule has 2 rings (SSSR count). The number of amides is 1. The average Bonchev–Trinajstić information content (AvgIpc) is 2.65. The molecule has 0 unspecified atom stereocenters. The highest BCUT2D eigenvalue weighted by atomic mass is 79.9. The number of anilines is 1. The van der Waals surface area contributed by atoms with Gasteiger partial charge in [-0.25, -0.2) is 0 Å². The summed E-state index contributed by atoms with van der Waals surface area (Å²) in [5, 5.41) is 12.3. The van der Waals surface area contributed by atoms with E-state index in [4.69, 9.17) is 23.2 Å². The van der Waals surface area contributed by atoms with Crippen LogP contribution in [0.2, 0.25) is 10.0 Å². The molecule has 8 heteroatoms. The molecule has 0 aliphatic carbocycles. The smallest absolute Gasteiger partial charge is 0.257 e. The Morgan fingerprint density at radius 3 is 2.26 bits per heavy atom. The summed E-state index contributed by atoms with van der Waals surface area (Å²) in [6, 6.07) is 4.56. The fourth-order valence-electron chi connectivity index (χ4n) is 1.33. The molecule has 19 heavy (non-hydrogen) atoms. The molecular weight excluding hydrogens is 441 g/mol. The highest BCUT2D eigenvalue weighted by Crippen LogP contribution is 2.36. The molecule has 0 atom stereocenters. The molecule has 100 valence electrons. The first-order chi connectivity index (χ1) is 8.88. The van der Waals surface area contributed by atoms with E-state index in [1.165, 1.54) is 23.5 Å². The molecule has 3 nitrogen and oxygen atoms in total. The normalized spacial score (nSPS) is 10.5. The van der Waals surface area contributed by atoms with Crippen LogP contribution in [0.5, 0.6) is 5.75 Å². The molecule has 0 spiro atoms. The van der Waals surface area contributed by atoms with Gasteiger partial charge in [-0.15, -0.1) is 11.3 Å². The van der Waals surface area contributed by atoms with Gasteiger partial charge in [-0.05, 0) is 50.1 Å². The summed E-state index contributed by atoms with van der Waals surface area (Å²) in [5.74, 6) is -0.507. The van der Waals surface area contributed by atoms with Crippen LogP contribution in [-0.4, -0.2) is 11.0 Å². The van der Waals surface area contributed by atoms with Crippen molar-refractivity contribution in [3.05, 3.63) is 41.4 Å². The fraction of sp³-hybridized carbons (Fsp3) is 0. The lowest BCUT2D eigenvalue weighted by Crippen LogP contribution is -2.11. The summed E-state index contributed by atoms with van der Waals surface area (Å²) >= 11 is 19.6. The molecule has 1 amide bonds. The topological polar surface area (TPSA) is 49.3 Å². The third-order valence-electron chi connectivity index (χ3n) is 2.18. The molecule has 1 aromatic carbocycles. The molecule has 0 aliphatic heterocycles. The van der Waals surface area contributed by atoms with Crippen LogP contribution in [0.15, 0.2) is 25.8 Å². The molecule has 2 aromatic rings. The number of benzene rings is 1. The SMILES string of the molecule is O=C(Nc1cc(Cl)c(O)c(Cl)c1)c1cc(Br)sc1Br. The predicted molar refractivity (Wildman–Crippen MR) is 85.8 cm³/mol. The van der Waals surface area contributed by atoms with Gasteiger partial charge in [0.2, 0.25) is 0 Å². The first kappa shape index (κ1) is 15.1. The minimum Gasteiger partial charge on any atom is -0.505 e. The van der Waals surface area contributed by atoms with Gasteiger partial charge in [0.1, 0.15) is 0 Å². The summed E-state index contributed by atoms with van der Waals surface area (Å²) in [7, 11) is 0. The summed E-state index contributed by atoms with van der Waals surface area (Å²) in [6.45, 7) is 0. The van der Waals surface area contributed by atoms with Crippen molar-refractivity contribution in [2.75, 3.05) is 5.32 Å². The highest BCUT2D eigenvalue weighted by molar-refractivity contribution is 9.12. The first-order valence-corrected chi connectivity index (χ1v) is 7.98. The van der Waals surface area contributed by atoms with Crippen molar-refractivity contribution in [3.8, 4) is 5.75 Å². The Kier molecular flexibility index (Phi) is 4.79. The number of hydrogen-bond acceptors (Lipinski definition) is 3. The van der Waals surface area contributed by atoms with Crippen molar-refractivity contribution in [3.63, 3.8) is 0 Å². The second kappa shape index (κ2) is 6.01. The quantitative estimate of drug-likeness (QED) is 0.596. The Labute approximate surface area is 139 Å². The largest absolute Gasteiger partial charge is 0.505 e. The number of nitrogens with one attached hydrogen (secondary N) is 1. The zero-order chi connectivity index (χ0) is 14.2. The van der Waals surface area contributed by atoms with Gasteiger partial charge in [-0.3, -0.25) is 4.79 Å². The van der Waals surface area contributed by atoms with E-state index in [-0.39, 0.29) is 21.7 Å². The number of carbonyl (C=O) groups excluding carboxylic acids is 1. The Morgan fingerprint density at radius 1 is 1.21 bits per heavy atom. The molecule has 0 fully saturated rings. The van der Waals surface area contributed by atoms with E-state index in [9.17, 15) is 9.90 Å². The zero-order valence-electron chi connectivity index (χ0n) is 9.01. The number of phenolic OH excluding ortho intramolecular Hbond substituents is 1. The summed E-state index contributed by atoms with van der Waals surface area (Å²) in [5.41, 5.74) is 0.907. The second-order valence-electron chi connectivity index (χ2n) is 3.48. The monoisotopic (exact) mass is 443 g/mol. The number of phenols is 1. The van der Waals surface area contributed by atoms with Crippen LogP contribution in [0.3, 0.4) is 0 Å². The van der Waals surface area contributed by atoms with Crippen molar-refractivity contribution >= 4 is 78.0 Å². The molecule has 2 N–H and O–H groups in total. The lowest BCUT2D eigenvalue weighted by atomic mass is 10.2. The van der Waals surface area contributed by atoms with Crippen LogP contribution in [0.1, 0.15) is 10.4 Å². The lowest BCUT2D eigenvalue weighted by Gasteiger charge is -2.07. The maximum Gasteiger partial charge on any atom is 0.257 e. The minimum absolute atomic E-state index is 0.0772. The molecule has 1 heterocycles. The van der Waals surface area contributed by atoms with Gasteiger partial charge >= 0.3 is 0 Å². The third kappa shape index (κ3) is 3.44. The minimum atomic E-state index is -0.299. The number of hydrogen-bond donors (Lipinski definition) is 2. The van der Waals surface area contributed by atoms with E-state index in [1.807, 2.05) is 0 Å². The highest BCUT2D eigenvalue weighted by Gasteiger charge is 2.15. The number of aromatic hydroxyl groups is 1. The van der Waals surface area contributed by atoms with E-state index >= 15 is 0 Å². The maximum atomic E-state index is 12.1. The van der Waals surface area contributed by atoms with Gasteiger partial charge in [0.15, 0.2) is 5.75 Å². The summed E-state index contributed by atoms with van der Waals surface area (Å²) in [6.07, 6.45) is 0. The summed E-state index contributed by atoms with van der Waals surface area (Å²) < 4.78 is 1.55. The predicted octanol–water partition coefficient (Wildman–Crippen LogP) is 5.54. The maximum absolute atomic E-state index is 12.1. The Bertz CT molecular complexity index is 637. The van der Waals surface area contributed by atoms with Gasteiger partial charge in [-0.2, -0.15) is 0 Å². The van der Waals surface area contributed by atoms with E-state index in [1.54, 1.807) is 6.07 Å². The average molecular weight is 446 g/mol. The first-order valence-electron chi connectivity index (χ1n) is 4.82. The molecule has 0 aliphatic rings. The van der Waals surface area contributed by atoms with E-state index in [0.29, 0.717) is 15.0 Å². The van der Waals surface area contributed by atoms with Crippen LogP contribution in [0.25, 0.3) is 0 Å². The summed E-state index contributed by atoms with van der Waals surface area (Å²) in [4.78, 5) is 12.1. The molecule has 0 radical (unpaired) electrons. The zero-order valence-corrected chi connectivity index (χ0v) is 14.5. The number of rotatable bonds is 2. The van der Waals surface area contributed by atoms with Gasteiger partial charge in [0.05, 0.1) is 23.2 Å². The van der Waals surface area contributed by atoms with E-state index < -0.39 is 0 Å². The van der Waals surface area contributed by atoms with Crippen molar-refractivity contribution in [1.29, 1.82) is 0 Å². The van der Waals surface area contributed by atoms with Gasteiger partial charge in [-0.1, -0.05) is 23.2 Å². The van der Waals surface area contributed by atoms with Crippen LogP contribution in [0.4, 0.5) is 5.69 Å². The van der Waals surface area contributed by atoms with Crippen LogP contribution >= 0.6 is 66.4 Å². The second-order valence-corrected chi connectivity index (χ2v) is 8.04. The van der Waals surface area contributed by atoms with Crippen molar-refractivity contribution in [1.82, 2.24) is 0 Å². The van der Waals surface area contributed by atoms with Gasteiger partial charge in [0, 0.05) is 5.69 Å². The van der Waals surface area contributed by atoms with Crippen molar-refractivity contribution in [2.24, 2.45) is 0 Å². The third-order valence-corrected chi connectivity index (χ3v) is 5.09. The molecule has 0 saturated heterocycles. The fourth-order valence-corrected chi connectivity index (χ4v) is 4.61. The number of halogens is 4. The van der Waals surface area contributed by atoms with Gasteiger partial charge in [0.25, 0.3) is 5.91 Å². The number of carbonyl (C=O) groups is 1.